The minimum absolute atomic E-state index is 0.00536. The molecule has 0 amide bonds. The van der Waals surface area contributed by atoms with Crippen molar-refractivity contribution in [1.82, 2.24) is 0 Å². The molecule has 1 atom stereocenters. The molecule has 0 rings (SSSR count). The SMILES string of the molecule is CC[C@H](CCO)P(=O)(OC(C)C)OC(C)C. The zero-order chi connectivity index (χ0) is 12.8. The fourth-order valence-electron chi connectivity index (χ4n) is 1.52. The van der Waals surface area contributed by atoms with E-state index in [-0.39, 0.29) is 24.5 Å². The Bertz CT molecular complexity index is 214. The van der Waals surface area contributed by atoms with Crippen LogP contribution in [0.3, 0.4) is 0 Å². The van der Waals surface area contributed by atoms with Gasteiger partial charge in [0.05, 0.1) is 17.9 Å². The first-order valence-electron chi connectivity index (χ1n) is 5.93. The van der Waals surface area contributed by atoms with Gasteiger partial charge in [-0.25, -0.2) is 0 Å². The van der Waals surface area contributed by atoms with Crippen LogP contribution in [0, 0.1) is 0 Å². The lowest BCUT2D eigenvalue weighted by Gasteiger charge is -2.28. The molecule has 0 saturated carbocycles. The Morgan fingerprint density at radius 3 is 1.81 bits per heavy atom. The van der Waals surface area contributed by atoms with E-state index in [1.54, 1.807) is 0 Å². The van der Waals surface area contributed by atoms with Gasteiger partial charge in [-0.05, 0) is 40.5 Å². The van der Waals surface area contributed by atoms with Gasteiger partial charge in [-0.3, -0.25) is 4.57 Å². The topological polar surface area (TPSA) is 55.8 Å². The first kappa shape index (κ1) is 16.1. The first-order valence-corrected chi connectivity index (χ1v) is 7.54. The van der Waals surface area contributed by atoms with Crippen molar-refractivity contribution in [2.75, 3.05) is 6.61 Å². The fourth-order valence-corrected chi connectivity index (χ4v) is 3.97. The molecule has 0 aliphatic heterocycles. The smallest absolute Gasteiger partial charge is 0.334 e. The molecule has 0 aliphatic carbocycles. The lowest BCUT2D eigenvalue weighted by molar-refractivity contribution is 0.132. The van der Waals surface area contributed by atoms with E-state index in [9.17, 15) is 4.57 Å². The highest BCUT2D eigenvalue weighted by molar-refractivity contribution is 7.54. The normalized spacial score (nSPS) is 14.8. The van der Waals surface area contributed by atoms with Crippen molar-refractivity contribution in [3.63, 3.8) is 0 Å². The van der Waals surface area contributed by atoms with Crippen LogP contribution in [0.15, 0.2) is 0 Å². The van der Waals surface area contributed by atoms with Crippen LogP contribution >= 0.6 is 7.60 Å². The van der Waals surface area contributed by atoms with Gasteiger partial charge in [0.25, 0.3) is 0 Å². The molecule has 0 aromatic carbocycles. The largest absolute Gasteiger partial charge is 0.396 e. The average molecular weight is 252 g/mol. The summed E-state index contributed by atoms with van der Waals surface area (Å²) < 4.78 is 23.6. The Morgan fingerprint density at radius 1 is 1.12 bits per heavy atom. The zero-order valence-corrected chi connectivity index (χ0v) is 11.9. The summed E-state index contributed by atoms with van der Waals surface area (Å²) in [5.74, 6) is 0. The monoisotopic (exact) mass is 252 g/mol. The van der Waals surface area contributed by atoms with Crippen LogP contribution in [0.25, 0.3) is 0 Å². The maximum absolute atomic E-state index is 12.6. The van der Waals surface area contributed by atoms with Gasteiger partial charge >= 0.3 is 7.60 Å². The number of hydrogen-bond donors (Lipinski definition) is 1. The molecule has 0 saturated heterocycles. The molecule has 0 aliphatic rings. The highest BCUT2D eigenvalue weighted by atomic mass is 31.2. The molecule has 0 radical (unpaired) electrons. The molecule has 98 valence electrons. The summed E-state index contributed by atoms with van der Waals surface area (Å²) in [6.07, 6.45) is 0.847. The molecule has 16 heavy (non-hydrogen) atoms. The molecular formula is C11H25O4P. The van der Waals surface area contributed by atoms with Gasteiger partial charge in [0.15, 0.2) is 0 Å². The maximum Gasteiger partial charge on any atom is 0.334 e. The van der Waals surface area contributed by atoms with Crippen LogP contribution in [0.5, 0.6) is 0 Å². The van der Waals surface area contributed by atoms with Crippen LogP contribution in [-0.4, -0.2) is 29.6 Å². The molecule has 0 spiro atoms. The third kappa shape index (κ3) is 5.44. The van der Waals surface area contributed by atoms with Crippen molar-refractivity contribution >= 4 is 7.60 Å². The Balaban J connectivity index is 4.80. The summed E-state index contributed by atoms with van der Waals surface area (Å²) in [5, 5.41) is 8.97. The van der Waals surface area contributed by atoms with E-state index >= 15 is 0 Å². The maximum atomic E-state index is 12.6. The predicted molar refractivity (Wildman–Crippen MR) is 65.8 cm³/mol. The van der Waals surface area contributed by atoms with Gasteiger partial charge in [0, 0.05) is 6.61 Å². The minimum atomic E-state index is -3.12. The summed E-state index contributed by atoms with van der Waals surface area (Å²) in [6.45, 7) is 9.28. The van der Waals surface area contributed by atoms with Crippen molar-refractivity contribution in [3.05, 3.63) is 0 Å². The van der Waals surface area contributed by atoms with E-state index in [4.69, 9.17) is 14.2 Å². The highest BCUT2D eigenvalue weighted by Crippen LogP contribution is 2.57. The van der Waals surface area contributed by atoms with Crippen molar-refractivity contribution in [1.29, 1.82) is 0 Å². The predicted octanol–water partition coefficient (Wildman–Crippen LogP) is 3.19. The van der Waals surface area contributed by atoms with E-state index in [1.165, 1.54) is 0 Å². The molecule has 0 heterocycles. The fraction of sp³-hybridized carbons (Fsp3) is 1.00. The Morgan fingerprint density at radius 2 is 1.56 bits per heavy atom. The average Bonchev–Trinajstić information content (AvgIpc) is 2.10. The Hall–Kier alpha value is 0.110. The van der Waals surface area contributed by atoms with Crippen LogP contribution in [0.4, 0.5) is 0 Å². The number of rotatable bonds is 8. The lowest BCUT2D eigenvalue weighted by atomic mass is 10.2. The van der Waals surface area contributed by atoms with E-state index in [1.807, 2.05) is 34.6 Å². The van der Waals surface area contributed by atoms with E-state index in [0.717, 1.165) is 0 Å². The molecule has 0 bridgehead atoms. The molecule has 5 heteroatoms. The van der Waals surface area contributed by atoms with Gasteiger partial charge in [-0.2, -0.15) is 0 Å². The Labute approximate surface area is 98.9 Å². The summed E-state index contributed by atoms with van der Waals surface area (Å²) >= 11 is 0. The van der Waals surface area contributed by atoms with Gasteiger partial charge in [0.2, 0.25) is 0 Å². The van der Waals surface area contributed by atoms with Crippen LogP contribution < -0.4 is 0 Å². The molecule has 0 aromatic heterocycles. The number of aliphatic hydroxyl groups excluding tert-OH is 1. The van der Waals surface area contributed by atoms with Crippen LogP contribution in [-0.2, 0) is 13.6 Å². The van der Waals surface area contributed by atoms with Gasteiger partial charge < -0.3 is 14.2 Å². The Kier molecular flexibility index (Phi) is 7.49. The molecule has 1 N–H and O–H groups in total. The van der Waals surface area contributed by atoms with Gasteiger partial charge in [-0.1, -0.05) is 6.92 Å². The van der Waals surface area contributed by atoms with Gasteiger partial charge in [0.1, 0.15) is 0 Å². The van der Waals surface area contributed by atoms with E-state index < -0.39 is 7.60 Å². The van der Waals surface area contributed by atoms with E-state index in [2.05, 4.69) is 0 Å². The van der Waals surface area contributed by atoms with Crippen molar-refractivity contribution in [2.45, 2.75) is 65.3 Å². The highest BCUT2D eigenvalue weighted by Gasteiger charge is 2.36. The number of aliphatic hydroxyl groups is 1. The molecule has 0 fully saturated rings. The summed E-state index contributed by atoms with van der Waals surface area (Å²) in [6, 6.07) is 0. The quantitative estimate of drug-likeness (QED) is 0.674. The molecule has 4 nitrogen and oxygen atoms in total. The first-order chi connectivity index (χ1) is 7.35. The second kappa shape index (κ2) is 7.44. The summed E-state index contributed by atoms with van der Waals surface area (Å²) in [7, 11) is -3.12. The van der Waals surface area contributed by atoms with Crippen LogP contribution in [0.1, 0.15) is 47.5 Å². The van der Waals surface area contributed by atoms with Crippen molar-refractivity contribution in [2.24, 2.45) is 0 Å². The third-order valence-electron chi connectivity index (χ3n) is 2.10. The third-order valence-corrected chi connectivity index (χ3v) is 5.05. The standard InChI is InChI=1S/C11H25O4P/c1-6-11(7-8-12)16(13,14-9(2)3)15-10(4)5/h9-12H,6-8H2,1-5H3/t11-/m1/s1. The van der Waals surface area contributed by atoms with Crippen molar-refractivity contribution in [3.8, 4) is 0 Å². The summed E-state index contributed by atoms with van der Waals surface area (Å²) in [5.41, 5.74) is -0.220. The summed E-state index contributed by atoms with van der Waals surface area (Å²) in [4.78, 5) is 0. The minimum Gasteiger partial charge on any atom is -0.396 e. The van der Waals surface area contributed by atoms with Crippen molar-refractivity contribution < 1.29 is 18.7 Å². The molecule has 0 unspecified atom stereocenters. The van der Waals surface area contributed by atoms with E-state index in [0.29, 0.717) is 12.8 Å². The zero-order valence-electron chi connectivity index (χ0n) is 11.0. The second-order valence-corrected chi connectivity index (χ2v) is 6.65. The molecule has 0 aromatic rings. The van der Waals surface area contributed by atoms with Crippen LogP contribution in [0.2, 0.25) is 0 Å². The second-order valence-electron chi connectivity index (χ2n) is 4.42. The lowest BCUT2D eigenvalue weighted by Crippen LogP contribution is -2.19. The number of hydrogen-bond acceptors (Lipinski definition) is 4. The molecular weight excluding hydrogens is 227 g/mol. The van der Waals surface area contributed by atoms with Gasteiger partial charge in [-0.15, -0.1) is 0 Å².